The fourth-order valence-electron chi connectivity index (χ4n) is 1.67. The zero-order chi connectivity index (χ0) is 17.1. The Bertz CT molecular complexity index is 662. The normalized spacial score (nSPS) is 12.1. The van der Waals surface area contributed by atoms with Crippen molar-refractivity contribution in [1.29, 1.82) is 0 Å². The Hall–Kier alpha value is -1.48. The van der Waals surface area contributed by atoms with Gasteiger partial charge in [0.25, 0.3) is 0 Å². The molecule has 5 nitrogen and oxygen atoms in total. The van der Waals surface area contributed by atoms with Crippen LogP contribution in [0.5, 0.6) is 0 Å². The van der Waals surface area contributed by atoms with Crippen LogP contribution in [-0.2, 0) is 21.0 Å². The Morgan fingerprint density at radius 2 is 1.95 bits per heavy atom. The maximum Gasteiger partial charge on any atom is 0.417 e. The monoisotopic (exact) mass is 358 g/mol. The van der Waals surface area contributed by atoms with Gasteiger partial charge in [-0.05, 0) is 25.1 Å². The topological polar surface area (TPSA) is 66.5 Å². The van der Waals surface area contributed by atoms with Crippen LogP contribution in [0.4, 0.5) is 18.9 Å². The van der Waals surface area contributed by atoms with Crippen molar-refractivity contribution in [3.63, 3.8) is 0 Å². The van der Waals surface area contributed by atoms with E-state index in [1.165, 1.54) is 0 Å². The molecule has 0 aliphatic rings. The lowest BCUT2D eigenvalue weighted by atomic mass is 10.2. The lowest BCUT2D eigenvalue weighted by Gasteiger charge is -2.23. The third-order valence-corrected chi connectivity index (χ3v) is 4.07. The van der Waals surface area contributed by atoms with E-state index in [2.05, 4.69) is 5.32 Å². The van der Waals surface area contributed by atoms with Gasteiger partial charge in [0.05, 0.1) is 22.5 Å². The van der Waals surface area contributed by atoms with Crippen molar-refractivity contribution in [2.75, 3.05) is 23.7 Å². The van der Waals surface area contributed by atoms with Gasteiger partial charge in [-0.2, -0.15) is 13.2 Å². The first-order chi connectivity index (χ1) is 9.96. The van der Waals surface area contributed by atoms with E-state index in [1.807, 2.05) is 0 Å². The molecular weight excluding hydrogens is 345 g/mol. The third-order valence-electron chi connectivity index (χ3n) is 2.60. The minimum Gasteiger partial charge on any atom is -0.355 e. The SMILES string of the molecule is CCNC(=O)CN(c1ccc(Cl)c(C(F)(F)F)c1)S(C)(=O)=O. The van der Waals surface area contributed by atoms with Crippen LogP contribution in [0.2, 0.25) is 5.02 Å². The summed E-state index contributed by atoms with van der Waals surface area (Å²) in [6, 6.07) is 2.65. The standard InChI is InChI=1S/C12H14ClF3N2O3S/c1-3-17-11(19)7-18(22(2,20)21)8-4-5-10(13)9(6-8)12(14,15)16/h4-6H,3,7H2,1-2H3,(H,17,19). The van der Waals surface area contributed by atoms with Crippen molar-refractivity contribution < 1.29 is 26.4 Å². The maximum atomic E-state index is 12.8. The number of amides is 1. The fourth-order valence-corrected chi connectivity index (χ4v) is 2.74. The Morgan fingerprint density at radius 3 is 2.41 bits per heavy atom. The number of nitrogens with zero attached hydrogens (tertiary/aromatic N) is 1. The second kappa shape index (κ2) is 6.74. The number of benzene rings is 1. The summed E-state index contributed by atoms with van der Waals surface area (Å²) >= 11 is 5.49. The number of nitrogens with one attached hydrogen (secondary N) is 1. The lowest BCUT2D eigenvalue weighted by Crippen LogP contribution is -2.40. The lowest BCUT2D eigenvalue weighted by molar-refractivity contribution is -0.137. The molecule has 10 heteroatoms. The molecule has 0 fully saturated rings. The summed E-state index contributed by atoms with van der Waals surface area (Å²) in [6.07, 6.45) is -3.93. The van der Waals surface area contributed by atoms with Crippen molar-refractivity contribution >= 4 is 33.2 Å². The van der Waals surface area contributed by atoms with Crippen molar-refractivity contribution in [1.82, 2.24) is 5.32 Å². The van der Waals surface area contributed by atoms with Crippen molar-refractivity contribution in [3.8, 4) is 0 Å². The number of rotatable bonds is 5. The highest BCUT2D eigenvalue weighted by Gasteiger charge is 2.34. The Labute approximate surface area is 131 Å². The second-order valence-electron chi connectivity index (χ2n) is 4.39. The number of carbonyl (C=O) groups excluding carboxylic acids is 1. The minimum absolute atomic E-state index is 0.269. The molecule has 0 atom stereocenters. The summed E-state index contributed by atoms with van der Waals surface area (Å²) in [4.78, 5) is 11.6. The molecule has 1 rings (SSSR count). The van der Waals surface area contributed by atoms with Gasteiger partial charge in [-0.15, -0.1) is 0 Å². The molecule has 0 aliphatic carbocycles. The van der Waals surface area contributed by atoms with Gasteiger partial charge in [0.2, 0.25) is 15.9 Å². The second-order valence-corrected chi connectivity index (χ2v) is 6.70. The predicted molar refractivity (Wildman–Crippen MR) is 77.3 cm³/mol. The molecule has 0 saturated carbocycles. The van der Waals surface area contributed by atoms with Crippen LogP contribution in [0, 0.1) is 0 Å². The highest BCUT2D eigenvalue weighted by Crippen LogP contribution is 2.37. The summed E-state index contributed by atoms with van der Waals surface area (Å²) in [6.45, 7) is 1.28. The van der Waals surface area contributed by atoms with Crippen LogP contribution in [0.3, 0.4) is 0 Å². The van der Waals surface area contributed by atoms with Gasteiger partial charge in [-0.3, -0.25) is 9.10 Å². The van der Waals surface area contributed by atoms with Crippen LogP contribution in [0.15, 0.2) is 18.2 Å². The largest absolute Gasteiger partial charge is 0.417 e. The van der Waals surface area contributed by atoms with Gasteiger partial charge in [0.15, 0.2) is 0 Å². The van der Waals surface area contributed by atoms with Crippen LogP contribution in [-0.4, -0.2) is 33.7 Å². The average Bonchev–Trinajstić information content (AvgIpc) is 2.34. The van der Waals surface area contributed by atoms with Crippen LogP contribution < -0.4 is 9.62 Å². The number of likely N-dealkylation sites (N-methyl/N-ethyl adjacent to an activating group) is 1. The van der Waals surface area contributed by atoms with Crippen molar-refractivity contribution in [2.24, 2.45) is 0 Å². The van der Waals surface area contributed by atoms with E-state index in [9.17, 15) is 26.4 Å². The van der Waals surface area contributed by atoms with Crippen molar-refractivity contribution in [2.45, 2.75) is 13.1 Å². The molecule has 0 aromatic heterocycles. The van der Waals surface area contributed by atoms with E-state index in [0.717, 1.165) is 18.4 Å². The molecule has 1 aromatic carbocycles. The quantitative estimate of drug-likeness (QED) is 0.878. The average molecular weight is 359 g/mol. The molecule has 0 saturated heterocycles. The van der Waals surface area contributed by atoms with E-state index in [1.54, 1.807) is 6.92 Å². The zero-order valence-electron chi connectivity index (χ0n) is 11.7. The van der Waals surface area contributed by atoms with Crippen LogP contribution in [0.25, 0.3) is 0 Å². The number of anilines is 1. The summed E-state index contributed by atoms with van der Waals surface area (Å²) in [7, 11) is -3.94. The summed E-state index contributed by atoms with van der Waals surface area (Å²) in [5.74, 6) is -0.628. The number of halogens is 4. The smallest absolute Gasteiger partial charge is 0.355 e. The number of sulfonamides is 1. The van der Waals surface area contributed by atoms with Gasteiger partial charge in [-0.1, -0.05) is 11.6 Å². The molecule has 0 unspecified atom stereocenters. The maximum absolute atomic E-state index is 12.8. The molecule has 1 N–H and O–H groups in total. The van der Waals surface area contributed by atoms with Gasteiger partial charge < -0.3 is 5.32 Å². The van der Waals surface area contributed by atoms with Crippen molar-refractivity contribution in [3.05, 3.63) is 28.8 Å². The van der Waals surface area contributed by atoms with E-state index in [0.29, 0.717) is 10.4 Å². The molecule has 0 radical (unpaired) electrons. The van der Waals surface area contributed by atoms with E-state index < -0.39 is 39.2 Å². The first-order valence-electron chi connectivity index (χ1n) is 6.08. The molecule has 22 heavy (non-hydrogen) atoms. The van der Waals surface area contributed by atoms with Gasteiger partial charge in [0, 0.05) is 6.54 Å². The summed E-state index contributed by atoms with van der Waals surface area (Å²) < 4.78 is 62.6. The number of hydrogen-bond donors (Lipinski definition) is 1. The molecular formula is C12H14ClF3N2O3S. The Balaban J connectivity index is 3.30. The first kappa shape index (κ1) is 18.6. The highest BCUT2D eigenvalue weighted by atomic mass is 35.5. The minimum atomic E-state index is -4.73. The van der Waals surface area contributed by atoms with Gasteiger partial charge in [0.1, 0.15) is 6.54 Å². The Morgan fingerprint density at radius 1 is 1.36 bits per heavy atom. The predicted octanol–water partition coefficient (Wildman–Crippen LogP) is 2.26. The number of hydrogen-bond acceptors (Lipinski definition) is 3. The molecule has 0 heterocycles. The summed E-state index contributed by atoms with van der Waals surface area (Å²) in [5.41, 5.74) is -1.46. The van der Waals surface area contributed by atoms with E-state index in [-0.39, 0.29) is 12.2 Å². The van der Waals surface area contributed by atoms with Gasteiger partial charge >= 0.3 is 6.18 Å². The fraction of sp³-hybridized carbons (Fsp3) is 0.417. The van der Waals surface area contributed by atoms with E-state index >= 15 is 0 Å². The first-order valence-corrected chi connectivity index (χ1v) is 8.30. The highest BCUT2D eigenvalue weighted by molar-refractivity contribution is 7.92. The zero-order valence-corrected chi connectivity index (χ0v) is 13.3. The number of carbonyl (C=O) groups is 1. The molecule has 0 bridgehead atoms. The third kappa shape index (κ3) is 4.77. The molecule has 124 valence electrons. The summed E-state index contributed by atoms with van der Waals surface area (Å²) in [5, 5.41) is 1.83. The number of alkyl halides is 3. The molecule has 0 spiro atoms. The van der Waals surface area contributed by atoms with Gasteiger partial charge in [-0.25, -0.2) is 8.42 Å². The van der Waals surface area contributed by atoms with E-state index in [4.69, 9.17) is 11.6 Å². The molecule has 1 aromatic rings. The molecule has 0 aliphatic heterocycles. The van der Waals surface area contributed by atoms with Crippen LogP contribution >= 0.6 is 11.6 Å². The van der Waals surface area contributed by atoms with Crippen LogP contribution in [0.1, 0.15) is 12.5 Å². The molecule has 1 amide bonds. The Kier molecular flexibility index (Phi) is 5.69.